The van der Waals surface area contributed by atoms with E-state index in [1.165, 1.54) is 0 Å². The minimum atomic E-state index is -0.227. The number of nitrogen functional groups attached to an aromatic ring is 1. The summed E-state index contributed by atoms with van der Waals surface area (Å²) < 4.78 is 0. The highest BCUT2D eigenvalue weighted by Crippen LogP contribution is 2.19. The van der Waals surface area contributed by atoms with E-state index in [-0.39, 0.29) is 11.9 Å². The Labute approximate surface area is 108 Å². The summed E-state index contributed by atoms with van der Waals surface area (Å²) in [6.07, 6.45) is 0.808. The number of aliphatic hydroxyl groups is 1. The van der Waals surface area contributed by atoms with Crippen LogP contribution in [0.3, 0.4) is 0 Å². The predicted molar refractivity (Wildman–Crippen MR) is 72.5 cm³/mol. The molecule has 0 aromatic heterocycles. The van der Waals surface area contributed by atoms with Crippen LogP contribution in [0.25, 0.3) is 0 Å². The molecule has 4 heteroatoms. The van der Waals surface area contributed by atoms with Crippen molar-refractivity contribution in [1.29, 1.82) is 5.41 Å². The number of benzene rings is 1. The monoisotopic (exact) mass is 247 g/mol. The number of nitrogens with two attached hydrogens (primary N) is 1. The molecule has 2 atom stereocenters. The SMILES string of the molecule is CC1CCN(Cc2cccc(C(=N)N)c2)CC1O. The maximum atomic E-state index is 9.87. The minimum Gasteiger partial charge on any atom is -0.392 e. The Morgan fingerprint density at radius 1 is 1.56 bits per heavy atom. The van der Waals surface area contributed by atoms with Gasteiger partial charge in [-0.15, -0.1) is 0 Å². The number of amidine groups is 1. The van der Waals surface area contributed by atoms with Gasteiger partial charge in [0.1, 0.15) is 5.84 Å². The molecule has 1 aromatic rings. The normalized spacial score (nSPS) is 25.0. The van der Waals surface area contributed by atoms with Crippen LogP contribution >= 0.6 is 0 Å². The number of rotatable bonds is 3. The fraction of sp³-hybridized carbons (Fsp3) is 0.500. The van der Waals surface area contributed by atoms with Gasteiger partial charge in [0.05, 0.1) is 6.10 Å². The van der Waals surface area contributed by atoms with Gasteiger partial charge in [-0.1, -0.05) is 25.1 Å². The molecule has 1 heterocycles. The van der Waals surface area contributed by atoms with Crippen molar-refractivity contribution in [1.82, 2.24) is 4.90 Å². The Morgan fingerprint density at radius 3 is 3.00 bits per heavy atom. The van der Waals surface area contributed by atoms with Crippen LogP contribution in [0.15, 0.2) is 24.3 Å². The number of hydrogen-bond acceptors (Lipinski definition) is 3. The van der Waals surface area contributed by atoms with Crippen molar-refractivity contribution >= 4 is 5.84 Å². The van der Waals surface area contributed by atoms with E-state index >= 15 is 0 Å². The smallest absolute Gasteiger partial charge is 0.122 e. The Bertz CT molecular complexity index is 433. The second-order valence-electron chi connectivity index (χ2n) is 5.18. The van der Waals surface area contributed by atoms with E-state index in [1.807, 2.05) is 24.3 Å². The summed E-state index contributed by atoms with van der Waals surface area (Å²) in [5, 5.41) is 17.3. The summed E-state index contributed by atoms with van der Waals surface area (Å²) in [6, 6.07) is 7.76. The first kappa shape index (κ1) is 13.1. The molecule has 2 rings (SSSR count). The Balaban J connectivity index is 2.01. The summed E-state index contributed by atoms with van der Waals surface area (Å²) in [6.45, 7) is 4.65. The Hall–Kier alpha value is -1.39. The lowest BCUT2D eigenvalue weighted by atomic mass is 9.95. The van der Waals surface area contributed by atoms with E-state index in [2.05, 4.69) is 11.8 Å². The molecule has 0 radical (unpaired) electrons. The first-order valence-electron chi connectivity index (χ1n) is 6.40. The van der Waals surface area contributed by atoms with Crippen LogP contribution in [-0.4, -0.2) is 35.0 Å². The fourth-order valence-electron chi connectivity index (χ4n) is 2.35. The highest BCUT2D eigenvalue weighted by molar-refractivity contribution is 5.95. The number of aliphatic hydroxyl groups excluding tert-OH is 1. The molecule has 1 aliphatic heterocycles. The van der Waals surface area contributed by atoms with Crippen molar-refractivity contribution in [2.45, 2.75) is 26.0 Å². The number of β-amino-alcohol motifs (C(OH)–C–C–N with tert-alkyl or cyclic N) is 1. The van der Waals surface area contributed by atoms with Crippen LogP contribution in [0.4, 0.5) is 0 Å². The number of hydrogen-bond donors (Lipinski definition) is 3. The molecule has 1 aliphatic rings. The molecule has 0 bridgehead atoms. The lowest BCUT2D eigenvalue weighted by Gasteiger charge is -2.34. The zero-order chi connectivity index (χ0) is 13.1. The van der Waals surface area contributed by atoms with Gasteiger partial charge >= 0.3 is 0 Å². The summed E-state index contributed by atoms with van der Waals surface area (Å²) in [7, 11) is 0. The van der Waals surface area contributed by atoms with E-state index < -0.39 is 0 Å². The van der Waals surface area contributed by atoms with Gasteiger partial charge in [0, 0.05) is 18.7 Å². The van der Waals surface area contributed by atoms with Crippen LogP contribution in [-0.2, 0) is 6.54 Å². The highest BCUT2D eigenvalue weighted by Gasteiger charge is 2.23. The van der Waals surface area contributed by atoms with Crippen LogP contribution in [0.1, 0.15) is 24.5 Å². The van der Waals surface area contributed by atoms with Gasteiger partial charge in [0.2, 0.25) is 0 Å². The van der Waals surface area contributed by atoms with Gasteiger partial charge in [0.25, 0.3) is 0 Å². The number of nitrogens with one attached hydrogen (secondary N) is 1. The Kier molecular flexibility index (Phi) is 3.99. The molecule has 0 spiro atoms. The molecule has 1 aromatic carbocycles. The quantitative estimate of drug-likeness (QED) is 0.554. The molecule has 0 saturated carbocycles. The van der Waals surface area contributed by atoms with Gasteiger partial charge in [-0.05, 0) is 30.5 Å². The average Bonchev–Trinajstić information content (AvgIpc) is 2.34. The lowest BCUT2D eigenvalue weighted by molar-refractivity contribution is 0.0259. The van der Waals surface area contributed by atoms with Crippen LogP contribution in [0.2, 0.25) is 0 Å². The first-order chi connectivity index (χ1) is 8.56. The maximum absolute atomic E-state index is 9.87. The van der Waals surface area contributed by atoms with Crippen LogP contribution < -0.4 is 5.73 Å². The Morgan fingerprint density at radius 2 is 2.33 bits per heavy atom. The molecule has 1 saturated heterocycles. The van der Waals surface area contributed by atoms with E-state index in [4.69, 9.17) is 11.1 Å². The molecule has 1 fully saturated rings. The molecule has 0 aliphatic carbocycles. The average molecular weight is 247 g/mol. The lowest BCUT2D eigenvalue weighted by Crippen LogP contribution is -2.42. The van der Waals surface area contributed by atoms with Crippen molar-refractivity contribution < 1.29 is 5.11 Å². The van der Waals surface area contributed by atoms with Crippen molar-refractivity contribution in [2.75, 3.05) is 13.1 Å². The van der Waals surface area contributed by atoms with Gasteiger partial charge in [-0.3, -0.25) is 10.3 Å². The summed E-state index contributed by atoms with van der Waals surface area (Å²) in [4.78, 5) is 2.25. The molecular formula is C14H21N3O. The third-order valence-corrected chi connectivity index (χ3v) is 3.65. The van der Waals surface area contributed by atoms with Gasteiger partial charge in [-0.25, -0.2) is 0 Å². The largest absolute Gasteiger partial charge is 0.392 e. The van der Waals surface area contributed by atoms with Crippen molar-refractivity contribution in [3.8, 4) is 0 Å². The summed E-state index contributed by atoms with van der Waals surface area (Å²) in [5.41, 5.74) is 7.39. The van der Waals surface area contributed by atoms with Crippen molar-refractivity contribution in [2.24, 2.45) is 11.7 Å². The van der Waals surface area contributed by atoms with E-state index in [1.54, 1.807) is 0 Å². The standard InChI is InChI=1S/C14H21N3O/c1-10-5-6-17(9-13(10)18)8-11-3-2-4-12(7-11)14(15)16/h2-4,7,10,13,18H,5-6,8-9H2,1H3,(H3,15,16). The van der Waals surface area contributed by atoms with Gasteiger partial charge in [0.15, 0.2) is 0 Å². The molecule has 4 nitrogen and oxygen atoms in total. The zero-order valence-electron chi connectivity index (χ0n) is 10.8. The number of nitrogens with zero attached hydrogens (tertiary/aromatic N) is 1. The fourth-order valence-corrected chi connectivity index (χ4v) is 2.35. The predicted octanol–water partition coefficient (Wildman–Crippen LogP) is 1.17. The van der Waals surface area contributed by atoms with Gasteiger partial charge < -0.3 is 10.8 Å². The zero-order valence-corrected chi connectivity index (χ0v) is 10.8. The molecular weight excluding hydrogens is 226 g/mol. The van der Waals surface area contributed by atoms with Crippen LogP contribution in [0.5, 0.6) is 0 Å². The summed E-state index contributed by atoms with van der Waals surface area (Å²) in [5.74, 6) is 0.494. The van der Waals surface area contributed by atoms with E-state index in [0.29, 0.717) is 5.92 Å². The summed E-state index contributed by atoms with van der Waals surface area (Å²) >= 11 is 0. The molecule has 4 N–H and O–H groups in total. The minimum absolute atomic E-state index is 0.101. The second kappa shape index (κ2) is 5.50. The maximum Gasteiger partial charge on any atom is 0.122 e. The molecule has 0 amide bonds. The third kappa shape index (κ3) is 3.09. The molecule has 98 valence electrons. The highest BCUT2D eigenvalue weighted by atomic mass is 16.3. The third-order valence-electron chi connectivity index (χ3n) is 3.65. The van der Waals surface area contributed by atoms with Crippen molar-refractivity contribution in [3.63, 3.8) is 0 Å². The topological polar surface area (TPSA) is 73.3 Å². The number of likely N-dealkylation sites (tertiary alicyclic amines) is 1. The molecule has 18 heavy (non-hydrogen) atoms. The van der Waals surface area contributed by atoms with E-state index in [0.717, 1.165) is 37.2 Å². The van der Waals surface area contributed by atoms with Crippen LogP contribution in [0, 0.1) is 11.3 Å². The molecule has 2 unspecified atom stereocenters. The van der Waals surface area contributed by atoms with E-state index in [9.17, 15) is 5.11 Å². The van der Waals surface area contributed by atoms with Crippen molar-refractivity contribution in [3.05, 3.63) is 35.4 Å². The number of piperidine rings is 1. The first-order valence-corrected chi connectivity index (χ1v) is 6.40. The van der Waals surface area contributed by atoms with Gasteiger partial charge in [-0.2, -0.15) is 0 Å². The second-order valence-corrected chi connectivity index (χ2v) is 5.18.